The number of thioether (sulfide) groups is 1. The lowest BCUT2D eigenvalue weighted by atomic mass is 10.2. The normalized spacial score (nSPS) is 11.4. The van der Waals surface area contributed by atoms with E-state index in [9.17, 15) is 22.4 Å². The number of benzene rings is 1. The second-order valence-corrected chi connectivity index (χ2v) is 5.25. The molecule has 0 aliphatic rings. The molecule has 0 saturated carbocycles. The predicted octanol–water partition coefficient (Wildman–Crippen LogP) is 3.57. The molecule has 0 radical (unpaired) electrons. The van der Waals surface area contributed by atoms with E-state index in [1.807, 2.05) is 0 Å². The van der Waals surface area contributed by atoms with Gasteiger partial charge in [-0.15, -0.1) is 0 Å². The topological polar surface area (TPSA) is 29.1 Å². The Balaban J connectivity index is 2.48. The van der Waals surface area contributed by atoms with E-state index in [1.54, 1.807) is 0 Å². The van der Waals surface area contributed by atoms with Gasteiger partial charge < -0.3 is 5.32 Å². The molecule has 100 valence electrons. The average molecular weight is 346 g/mol. The van der Waals surface area contributed by atoms with Crippen LogP contribution in [0.2, 0.25) is 0 Å². The van der Waals surface area contributed by atoms with Gasteiger partial charge in [-0.3, -0.25) is 4.79 Å². The minimum atomic E-state index is -4.33. The Morgan fingerprint density at radius 1 is 1.39 bits per heavy atom. The first-order valence-electron chi connectivity index (χ1n) is 4.73. The molecule has 0 heterocycles. The first-order chi connectivity index (χ1) is 8.29. The number of hydrogen-bond donors (Lipinski definition) is 1. The van der Waals surface area contributed by atoms with Gasteiger partial charge in [-0.25, -0.2) is 4.39 Å². The number of hydrogen-bond acceptors (Lipinski definition) is 2. The van der Waals surface area contributed by atoms with Crippen LogP contribution in [0.3, 0.4) is 0 Å². The number of halogens is 5. The van der Waals surface area contributed by atoms with E-state index < -0.39 is 17.2 Å². The van der Waals surface area contributed by atoms with Gasteiger partial charge in [0.15, 0.2) is 0 Å². The van der Waals surface area contributed by atoms with Crippen molar-refractivity contribution in [3.05, 3.63) is 34.1 Å². The Hall–Kier alpha value is -0.760. The first-order valence-corrected chi connectivity index (χ1v) is 6.51. The van der Waals surface area contributed by atoms with Crippen molar-refractivity contribution in [1.29, 1.82) is 0 Å². The molecule has 8 heteroatoms. The molecule has 1 aromatic rings. The van der Waals surface area contributed by atoms with Gasteiger partial charge >= 0.3 is 5.51 Å². The zero-order valence-electron chi connectivity index (χ0n) is 8.85. The average Bonchev–Trinajstić information content (AvgIpc) is 2.26. The van der Waals surface area contributed by atoms with Gasteiger partial charge in [-0.1, -0.05) is 15.9 Å². The van der Waals surface area contributed by atoms with E-state index in [4.69, 9.17) is 0 Å². The second kappa shape index (κ2) is 6.42. The third kappa shape index (κ3) is 5.26. The number of alkyl halides is 3. The molecule has 0 spiro atoms. The van der Waals surface area contributed by atoms with E-state index in [0.717, 1.165) is 6.07 Å². The maximum absolute atomic E-state index is 13.3. The highest BCUT2D eigenvalue weighted by Crippen LogP contribution is 2.29. The summed E-state index contributed by atoms with van der Waals surface area (Å²) in [4.78, 5) is 11.5. The third-order valence-electron chi connectivity index (χ3n) is 1.83. The van der Waals surface area contributed by atoms with Crippen LogP contribution in [0.25, 0.3) is 0 Å². The molecule has 18 heavy (non-hydrogen) atoms. The summed E-state index contributed by atoms with van der Waals surface area (Å²) in [6.45, 7) is -0.186. The van der Waals surface area contributed by atoms with Crippen molar-refractivity contribution in [2.75, 3.05) is 12.3 Å². The van der Waals surface area contributed by atoms with Crippen molar-refractivity contribution >= 4 is 33.6 Å². The van der Waals surface area contributed by atoms with E-state index in [-0.39, 0.29) is 29.6 Å². The standard InChI is InChI=1S/C10H8BrF4NOS/c11-6-1-2-8(12)7(5-6)9(17)16-3-4-18-10(13,14)15/h1-2,5H,3-4H2,(H,16,17). The van der Waals surface area contributed by atoms with Crippen LogP contribution in [0.1, 0.15) is 10.4 Å². The smallest absolute Gasteiger partial charge is 0.351 e. The summed E-state index contributed by atoms with van der Waals surface area (Å²) < 4.78 is 49.2. The van der Waals surface area contributed by atoms with Crippen molar-refractivity contribution in [2.45, 2.75) is 5.51 Å². The molecule has 1 rings (SSSR count). The van der Waals surface area contributed by atoms with Crippen LogP contribution in [-0.2, 0) is 0 Å². The fourth-order valence-electron chi connectivity index (χ4n) is 1.10. The SMILES string of the molecule is O=C(NCCSC(F)(F)F)c1cc(Br)ccc1F. The van der Waals surface area contributed by atoms with Crippen LogP contribution in [0.4, 0.5) is 17.6 Å². The van der Waals surface area contributed by atoms with Crippen molar-refractivity contribution < 1.29 is 22.4 Å². The fraction of sp³-hybridized carbons (Fsp3) is 0.300. The van der Waals surface area contributed by atoms with Gasteiger partial charge in [-0.05, 0) is 30.0 Å². The molecule has 0 atom stereocenters. The van der Waals surface area contributed by atoms with E-state index in [2.05, 4.69) is 21.2 Å². The highest BCUT2D eigenvalue weighted by atomic mass is 79.9. The molecular weight excluding hydrogens is 338 g/mol. The third-order valence-corrected chi connectivity index (χ3v) is 3.06. The van der Waals surface area contributed by atoms with E-state index in [1.165, 1.54) is 12.1 Å². The van der Waals surface area contributed by atoms with E-state index >= 15 is 0 Å². The van der Waals surface area contributed by atoms with Gasteiger partial charge in [0, 0.05) is 16.8 Å². The van der Waals surface area contributed by atoms with Crippen molar-refractivity contribution in [1.82, 2.24) is 5.32 Å². The van der Waals surface area contributed by atoms with Crippen molar-refractivity contribution in [3.63, 3.8) is 0 Å². The Labute approximate surface area is 113 Å². The Morgan fingerprint density at radius 2 is 2.06 bits per heavy atom. The van der Waals surface area contributed by atoms with Gasteiger partial charge in [0.1, 0.15) is 5.82 Å². The molecule has 0 aliphatic carbocycles. The number of carbonyl (C=O) groups is 1. The lowest BCUT2D eigenvalue weighted by Gasteiger charge is -2.08. The quantitative estimate of drug-likeness (QED) is 0.667. The van der Waals surface area contributed by atoms with Crippen molar-refractivity contribution in [2.24, 2.45) is 0 Å². The number of nitrogens with one attached hydrogen (secondary N) is 1. The fourth-order valence-corrected chi connectivity index (χ4v) is 1.89. The minimum Gasteiger partial charge on any atom is -0.351 e. The summed E-state index contributed by atoms with van der Waals surface area (Å²) in [7, 11) is 0. The summed E-state index contributed by atoms with van der Waals surface area (Å²) in [6.07, 6.45) is 0. The van der Waals surface area contributed by atoms with E-state index in [0.29, 0.717) is 4.47 Å². The van der Waals surface area contributed by atoms with Crippen LogP contribution >= 0.6 is 27.7 Å². The van der Waals surface area contributed by atoms with Gasteiger partial charge in [0.05, 0.1) is 5.56 Å². The zero-order valence-corrected chi connectivity index (χ0v) is 11.3. The lowest BCUT2D eigenvalue weighted by Crippen LogP contribution is -2.27. The molecule has 0 unspecified atom stereocenters. The summed E-state index contributed by atoms with van der Waals surface area (Å²) >= 11 is 2.83. The minimum absolute atomic E-state index is 0.186. The molecule has 1 N–H and O–H groups in total. The lowest BCUT2D eigenvalue weighted by molar-refractivity contribution is -0.0327. The van der Waals surface area contributed by atoms with Crippen LogP contribution in [-0.4, -0.2) is 23.7 Å². The summed E-state index contributed by atoms with van der Waals surface area (Å²) in [5.41, 5.74) is -4.53. The summed E-state index contributed by atoms with van der Waals surface area (Å²) in [5.74, 6) is -1.78. The largest absolute Gasteiger partial charge is 0.441 e. The van der Waals surface area contributed by atoms with Gasteiger partial charge in [-0.2, -0.15) is 13.2 Å². The first kappa shape index (κ1) is 15.3. The zero-order chi connectivity index (χ0) is 13.8. The summed E-state index contributed by atoms with van der Waals surface area (Å²) in [5, 5.41) is 2.22. The summed E-state index contributed by atoms with van der Waals surface area (Å²) in [6, 6.07) is 3.79. The van der Waals surface area contributed by atoms with Crippen LogP contribution < -0.4 is 5.32 Å². The maximum atomic E-state index is 13.3. The predicted molar refractivity (Wildman–Crippen MR) is 64.9 cm³/mol. The molecule has 0 saturated heterocycles. The molecular formula is C10H8BrF4NOS. The number of amides is 1. The van der Waals surface area contributed by atoms with Crippen LogP contribution in [0, 0.1) is 5.82 Å². The Kier molecular flexibility index (Phi) is 5.46. The van der Waals surface area contributed by atoms with Gasteiger partial charge in [0.25, 0.3) is 5.91 Å². The highest BCUT2D eigenvalue weighted by molar-refractivity contribution is 9.10. The monoisotopic (exact) mass is 345 g/mol. The Morgan fingerprint density at radius 3 is 2.67 bits per heavy atom. The number of rotatable bonds is 4. The number of carbonyl (C=O) groups excluding carboxylic acids is 1. The highest BCUT2D eigenvalue weighted by Gasteiger charge is 2.27. The second-order valence-electron chi connectivity index (χ2n) is 3.17. The molecule has 1 aromatic carbocycles. The maximum Gasteiger partial charge on any atom is 0.441 e. The Bertz CT molecular complexity index is 438. The van der Waals surface area contributed by atoms with Gasteiger partial charge in [0.2, 0.25) is 0 Å². The van der Waals surface area contributed by atoms with Crippen LogP contribution in [0.5, 0.6) is 0 Å². The molecule has 0 fully saturated rings. The van der Waals surface area contributed by atoms with Crippen molar-refractivity contribution in [3.8, 4) is 0 Å². The molecule has 0 aliphatic heterocycles. The van der Waals surface area contributed by atoms with Crippen LogP contribution in [0.15, 0.2) is 22.7 Å². The molecule has 1 amide bonds. The molecule has 2 nitrogen and oxygen atoms in total. The molecule has 0 bridgehead atoms. The molecule has 0 aromatic heterocycles.